The van der Waals surface area contributed by atoms with E-state index < -0.39 is 0 Å². The topological polar surface area (TPSA) is 39.7 Å². The first-order valence-corrected chi connectivity index (χ1v) is 6.68. The first-order valence-electron chi connectivity index (χ1n) is 6.68. The van der Waals surface area contributed by atoms with E-state index >= 15 is 0 Å². The van der Waals surface area contributed by atoms with Gasteiger partial charge in [-0.2, -0.15) is 0 Å². The highest BCUT2D eigenvalue weighted by atomic mass is 16.5. The molecule has 0 aliphatic rings. The number of hydrogen-bond acceptors (Lipinski definition) is 4. The van der Waals surface area contributed by atoms with Gasteiger partial charge >= 0.3 is 0 Å². The molecular weight excluding hydrogens is 242 g/mol. The molecule has 1 unspecified atom stereocenters. The van der Waals surface area contributed by atoms with Crippen LogP contribution in [0, 0.1) is 0 Å². The zero-order chi connectivity index (χ0) is 14.3. The molecule has 108 valence electrons. The van der Waals surface area contributed by atoms with Crippen molar-refractivity contribution in [2.45, 2.75) is 32.7 Å². The van der Waals surface area contributed by atoms with Gasteiger partial charge in [0.1, 0.15) is 5.75 Å². The Kier molecular flexibility index (Phi) is 6.50. The summed E-state index contributed by atoms with van der Waals surface area (Å²) in [7, 11) is 4.96. The lowest BCUT2D eigenvalue weighted by Crippen LogP contribution is -2.25. The van der Waals surface area contributed by atoms with Gasteiger partial charge in [-0.3, -0.25) is 0 Å². The van der Waals surface area contributed by atoms with E-state index in [-0.39, 0.29) is 0 Å². The van der Waals surface area contributed by atoms with E-state index in [1.807, 2.05) is 12.1 Å². The van der Waals surface area contributed by atoms with Gasteiger partial charge in [-0.05, 0) is 37.9 Å². The van der Waals surface area contributed by atoms with E-state index in [4.69, 9.17) is 14.2 Å². The summed E-state index contributed by atoms with van der Waals surface area (Å²) in [4.78, 5) is 0. The Hall–Kier alpha value is -1.42. The lowest BCUT2D eigenvalue weighted by molar-refractivity contribution is 0.347. The van der Waals surface area contributed by atoms with Gasteiger partial charge in [0.2, 0.25) is 0 Å². The van der Waals surface area contributed by atoms with Crippen LogP contribution in [0.4, 0.5) is 0 Å². The largest absolute Gasteiger partial charge is 0.496 e. The van der Waals surface area contributed by atoms with Crippen molar-refractivity contribution in [3.8, 4) is 17.2 Å². The first kappa shape index (κ1) is 15.6. The minimum Gasteiger partial charge on any atom is -0.496 e. The Labute approximate surface area is 116 Å². The molecule has 0 fully saturated rings. The van der Waals surface area contributed by atoms with Crippen LogP contribution < -0.4 is 19.5 Å². The maximum atomic E-state index is 5.42. The van der Waals surface area contributed by atoms with Crippen LogP contribution in [0.15, 0.2) is 12.1 Å². The SMILES string of the molecule is CCNC(C)CCc1cc(OC)c(OC)cc1OC. The van der Waals surface area contributed by atoms with Crippen LogP contribution >= 0.6 is 0 Å². The number of nitrogens with one attached hydrogen (secondary N) is 1. The van der Waals surface area contributed by atoms with E-state index in [9.17, 15) is 0 Å². The summed E-state index contributed by atoms with van der Waals surface area (Å²) in [6.07, 6.45) is 2.00. The van der Waals surface area contributed by atoms with Gasteiger partial charge in [-0.1, -0.05) is 6.92 Å². The fourth-order valence-electron chi connectivity index (χ4n) is 2.11. The molecule has 0 aliphatic heterocycles. The predicted molar refractivity (Wildman–Crippen MR) is 77.6 cm³/mol. The van der Waals surface area contributed by atoms with Gasteiger partial charge in [0.25, 0.3) is 0 Å². The zero-order valence-corrected chi connectivity index (χ0v) is 12.6. The van der Waals surface area contributed by atoms with Gasteiger partial charge in [-0.25, -0.2) is 0 Å². The summed E-state index contributed by atoms with van der Waals surface area (Å²) in [5.74, 6) is 2.29. The van der Waals surface area contributed by atoms with Crippen LogP contribution in [0.25, 0.3) is 0 Å². The van der Waals surface area contributed by atoms with Crippen LogP contribution in [0.3, 0.4) is 0 Å². The van der Waals surface area contributed by atoms with E-state index in [1.54, 1.807) is 21.3 Å². The Bertz CT molecular complexity index is 393. The molecule has 19 heavy (non-hydrogen) atoms. The summed E-state index contributed by atoms with van der Waals surface area (Å²) in [5.41, 5.74) is 1.14. The average Bonchev–Trinajstić information content (AvgIpc) is 2.44. The number of ether oxygens (including phenoxy) is 3. The Morgan fingerprint density at radius 1 is 1.00 bits per heavy atom. The second kappa shape index (κ2) is 7.89. The molecule has 1 rings (SSSR count). The van der Waals surface area contributed by atoms with Gasteiger partial charge in [0.05, 0.1) is 21.3 Å². The summed E-state index contributed by atoms with van der Waals surface area (Å²) < 4.78 is 16.0. The minimum atomic E-state index is 0.489. The van der Waals surface area contributed by atoms with Crippen molar-refractivity contribution in [3.63, 3.8) is 0 Å². The van der Waals surface area contributed by atoms with E-state index in [0.29, 0.717) is 11.8 Å². The number of aryl methyl sites for hydroxylation is 1. The molecular formula is C15H25NO3. The van der Waals surface area contributed by atoms with Crippen molar-refractivity contribution in [3.05, 3.63) is 17.7 Å². The third-order valence-corrected chi connectivity index (χ3v) is 3.19. The Balaban J connectivity index is 2.86. The first-order chi connectivity index (χ1) is 9.15. The molecule has 1 atom stereocenters. The molecule has 1 aromatic rings. The highest BCUT2D eigenvalue weighted by Gasteiger charge is 2.12. The van der Waals surface area contributed by atoms with Gasteiger partial charge in [-0.15, -0.1) is 0 Å². The molecule has 0 aliphatic carbocycles. The van der Waals surface area contributed by atoms with Gasteiger partial charge in [0, 0.05) is 12.1 Å². The van der Waals surface area contributed by atoms with Crippen LogP contribution in [0.1, 0.15) is 25.8 Å². The molecule has 0 saturated heterocycles. The quantitative estimate of drug-likeness (QED) is 0.786. The van der Waals surface area contributed by atoms with Gasteiger partial charge < -0.3 is 19.5 Å². The van der Waals surface area contributed by atoms with Crippen LogP contribution in [0.5, 0.6) is 17.2 Å². The monoisotopic (exact) mass is 267 g/mol. The number of benzene rings is 1. The molecule has 0 radical (unpaired) electrons. The lowest BCUT2D eigenvalue weighted by atomic mass is 10.0. The molecule has 0 bridgehead atoms. The molecule has 0 saturated carbocycles. The van der Waals surface area contributed by atoms with Crippen molar-refractivity contribution < 1.29 is 14.2 Å². The van der Waals surface area contributed by atoms with Gasteiger partial charge in [0.15, 0.2) is 11.5 Å². The second-order valence-corrected chi connectivity index (χ2v) is 4.52. The van der Waals surface area contributed by atoms with Crippen molar-refractivity contribution in [1.82, 2.24) is 5.32 Å². The number of hydrogen-bond donors (Lipinski definition) is 1. The van der Waals surface area contributed by atoms with Crippen molar-refractivity contribution >= 4 is 0 Å². The van der Waals surface area contributed by atoms with Crippen LogP contribution in [0.2, 0.25) is 0 Å². The van der Waals surface area contributed by atoms with E-state index in [0.717, 1.165) is 36.4 Å². The average molecular weight is 267 g/mol. The fourth-order valence-corrected chi connectivity index (χ4v) is 2.11. The molecule has 4 nitrogen and oxygen atoms in total. The molecule has 4 heteroatoms. The summed E-state index contributed by atoms with van der Waals surface area (Å²) >= 11 is 0. The summed E-state index contributed by atoms with van der Waals surface area (Å²) in [6, 6.07) is 4.37. The third-order valence-electron chi connectivity index (χ3n) is 3.19. The van der Waals surface area contributed by atoms with Crippen LogP contribution in [-0.4, -0.2) is 33.9 Å². The normalized spacial score (nSPS) is 12.1. The standard InChI is InChI=1S/C15H25NO3/c1-6-16-11(2)7-8-12-9-14(18-4)15(19-5)10-13(12)17-3/h9-11,16H,6-8H2,1-5H3. The molecule has 0 amide bonds. The molecule has 1 aromatic carbocycles. The molecule has 0 spiro atoms. The highest BCUT2D eigenvalue weighted by Crippen LogP contribution is 2.35. The molecule has 0 aromatic heterocycles. The molecule has 1 N–H and O–H groups in total. The van der Waals surface area contributed by atoms with E-state index in [2.05, 4.69) is 19.2 Å². The van der Waals surface area contributed by atoms with Crippen molar-refractivity contribution in [2.24, 2.45) is 0 Å². The van der Waals surface area contributed by atoms with Crippen molar-refractivity contribution in [2.75, 3.05) is 27.9 Å². The van der Waals surface area contributed by atoms with Crippen molar-refractivity contribution in [1.29, 1.82) is 0 Å². The Morgan fingerprint density at radius 2 is 1.58 bits per heavy atom. The smallest absolute Gasteiger partial charge is 0.164 e. The maximum Gasteiger partial charge on any atom is 0.164 e. The van der Waals surface area contributed by atoms with Crippen LogP contribution in [-0.2, 0) is 6.42 Å². The fraction of sp³-hybridized carbons (Fsp3) is 0.600. The summed E-state index contributed by atoms with van der Waals surface area (Å²) in [5, 5.41) is 3.41. The third kappa shape index (κ3) is 4.31. The Morgan fingerprint density at radius 3 is 2.11 bits per heavy atom. The number of methoxy groups -OCH3 is 3. The predicted octanol–water partition coefficient (Wildman–Crippen LogP) is 2.64. The maximum absolute atomic E-state index is 5.42. The van der Waals surface area contributed by atoms with E-state index in [1.165, 1.54) is 0 Å². The summed E-state index contributed by atoms with van der Waals surface area (Å²) in [6.45, 7) is 5.30. The number of rotatable bonds is 8. The molecule has 0 heterocycles. The second-order valence-electron chi connectivity index (χ2n) is 4.52. The minimum absolute atomic E-state index is 0.489. The highest BCUT2D eigenvalue weighted by molar-refractivity contribution is 5.50. The lowest BCUT2D eigenvalue weighted by Gasteiger charge is -2.16. The zero-order valence-electron chi connectivity index (χ0n) is 12.6.